The number of benzene rings is 1. The maximum atomic E-state index is 12.1. The number of urea groups is 1. The highest BCUT2D eigenvalue weighted by Crippen LogP contribution is 2.27. The van der Waals surface area contributed by atoms with Gasteiger partial charge in [0.1, 0.15) is 5.82 Å². The molecule has 0 aliphatic heterocycles. The third-order valence-electron chi connectivity index (χ3n) is 4.77. The normalized spacial score (nSPS) is 14.2. The van der Waals surface area contributed by atoms with Crippen molar-refractivity contribution >= 4 is 17.7 Å². The topological polar surface area (TPSA) is 97.4 Å². The van der Waals surface area contributed by atoms with Gasteiger partial charge in [-0.25, -0.2) is 4.79 Å². The fourth-order valence-electron chi connectivity index (χ4n) is 3.26. The zero-order chi connectivity index (χ0) is 19.8. The molecule has 2 aromatic rings. The fourth-order valence-corrected chi connectivity index (χ4v) is 3.26. The molecule has 1 aliphatic rings. The Hall–Kier alpha value is -3.03. The summed E-state index contributed by atoms with van der Waals surface area (Å²) in [7, 11) is 3.22. The molecule has 0 saturated heterocycles. The van der Waals surface area contributed by atoms with Crippen molar-refractivity contribution in [3.63, 3.8) is 0 Å². The molecule has 0 unspecified atom stereocenters. The number of nitrogens with one attached hydrogen (secondary N) is 3. The van der Waals surface area contributed by atoms with E-state index in [9.17, 15) is 4.79 Å². The zero-order valence-electron chi connectivity index (χ0n) is 16.3. The lowest BCUT2D eigenvalue weighted by atomic mass is 9.96. The van der Waals surface area contributed by atoms with Crippen LogP contribution >= 0.6 is 0 Å². The largest absolute Gasteiger partial charge is 0.493 e. The van der Waals surface area contributed by atoms with Crippen LogP contribution in [-0.2, 0) is 6.54 Å². The van der Waals surface area contributed by atoms with Crippen LogP contribution in [0, 0.1) is 0 Å². The van der Waals surface area contributed by atoms with Crippen LogP contribution in [0.5, 0.6) is 11.5 Å². The highest BCUT2D eigenvalue weighted by molar-refractivity contribution is 5.88. The van der Waals surface area contributed by atoms with Gasteiger partial charge in [-0.2, -0.15) is 0 Å². The van der Waals surface area contributed by atoms with Crippen molar-refractivity contribution in [2.45, 2.75) is 44.7 Å². The van der Waals surface area contributed by atoms with E-state index in [2.05, 4.69) is 26.1 Å². The summed E-state index contributed by atoms with van der Waals surface area (Å²) >= 11 is 0. The quantitative estimate of drug-likeness (QED) is 0.674. The molecule has 1 fully saturated rings. The Kier molecular flexibility index (Phi) is 6.89. The lowest BCUT2D eigenvalue weighted by Gasteiger charge is -2.22. The highest BCUT2D eigenvalue weighted by Gasteiger charge is 2.15. The molecular weight excluding hydrogens is 358 g/mol. The molecule has 2 amide bonds. The van der Waals surface area contributed by atoms with Gasteiger partial charge in [-0.05, 0) is 42.7 Å². The number of hydrogen-bond acceptors (Lipinski definition) is 6. The second-order valence-corrected chi connectivity index (χ2v) is 6.78. The minimum Gasteiger partial charge on any atom is -0.493 e. The van der Waals surface area contributed by atoms with Gasteiger partial charge >= 0.3 is 6.03 Å². The molecule has 1 saturated carbocycles. The Bertz CT molecular complexity index is 776. The number of anilines is 2. The smallest absolute Gasteiger partial charge is 0.320 e. The van der Waals surface area contributed by atoms with Crippen molar-refractivity contribution in [2.75, 3.05) is 24.9 Å². The van der Waals surface area contributed by atoms with Gasteiger partial charge in [-0.1, -0.05) is 25.3 Å². The molecule has 8 heteroatoms. The number of aromatic nitrogens is 2. The molecule has 0 spiro atoms. The van der Waals surface area contributed by atoms with Gasteiger partial charge in [-0.3, -0.25) is 5.32 Å². The lowest BCUT2D eigenvalue weighted by molar-refractivity contribution is 0.244. The number of hydrogen-bond donors (Lipinski definition) is 3. The zero-order valence-corrected chi connectivity index (χ0v) is 16.3. The Labute approximate surface area is 165 Å². The first kappa shape index (κ1) is 19.7. The Morgan fingerprint density at radius 2 is 1.71 bits per heavy atom. The minimum absolute atomic E-state index is 0.229. The molecule has 1 aromatic heterocycles. The first-order valence-electron chi connectivity index (χ1n) is 9.54. The number of nitrogens with zero attached hydrogens (tertiary/aromatic N) is 2. The van der Waals surface area contributed by atoms with Gasteiger partial charge in [0.2, 0.25) is 0 Å². The van der Waals surface area contributed by atoms with Crippen LogP contribution in [0.15, 0.2) is 30.3 Å². The first-order valence-corrected chi connectivity index (χ1v) is 9.54. The van der Waals surface area contributed by atoms with E-state index in [1.54, 1.807) is 26.4 Å². The van der Waals surface area contributed by atoms with Gasteiger partial charge in [0, 0.05) is 12.6 Å². The van der Waals surface area contributed by atoms with E-state index in [0.29, 0.717) is 29.7 Å². The molecule has 1 heterocycles. The molecule has 3 rings (SSSR count). The van der Waals surface area contributed by atoms with Crippen LogP contribution in [0.25, 0.3) is 0 Å². The summed E-state index contributed by atoms with van der Waals surface area (Å²) in [4.78, 5) is 12.1. The average Bonchev–Trinajstić information content (AvgIpc) is 2.73. The number of carbonyl (C=O) groups excluding carboxylic acids is 1. The monoisotopic (exact) mass is 385 g/mol. The molecule has 3 N–H and O–H groups in total. The Morgan fingerprint density at radius 1 is 1.00 bits per heavy atom. The van der Waals surface area contributed by atoms with E-state index in [1.807, 2.05) is 18.2 Å². The van der Waals surface area contributed by atoms with Crippen LogP contribution in [-0.4, -0.2) is 36.5 Å². The summed E-state index contributed by atoms with van der Waals surface area (Å²) in [6.07, 6.45) is 5.68. The van der Waals surface area contributed by atoms with Crippen molar-refractivity contribution in [2.24, 2.45) is 0 Å². The van der Waals surface area contributed by atoms with E-state index in [1.165, 1.54) is 19.3 Å². The third-order valence-corrected chi connectivity index (χ3v) is 4.77. The summed E-state index contributed by atoms with van der Waals surface area (Å²) in [6.45, 7) is 0.559. The minimum atomic E-state index is -0.229. The first-order chi connectivity index (χ1) is 13.7. The van der Waals surface area contributed by atoms with E-state index in [4.69, 9.17) is 9.47 Å². The van der Waals surface area contributed by atoms with Gasteiger partial charge in [0.15, 0.2) is 17.3 Å². The van der Waals surface area contributed by atoms with Gasteiger partial charge in [-0.15, -0.1) is 10.2 Å². The SMILES string of the molecule is COc1ccc(CNc2ccc(NC(=O)NC3CCCCC3)nn2)cc1OC. The van der Waals surface area contributed by atoms with E-state index in [-0.39, 0.29) is 12.1 Å². The van der Waals surface area contributed by atoms with E-state index >= 15 is 0 Å². The molecule has 1 aromatic carbocycles. The summed E-state index contributed by atoms with van der Waals surface area (Å²) < 4.78 is 10.5. The summed E-state index contributed by atoms with van der Waals surface area (Å²) in [5.74, 6) is 2.40. The maximum absolute atomic E-state index is 12.1. The van der Waals surface area contributed by atoms with Gasteiger partial charge in [0.25, 0.3) is 0 Å². The molecular formula is C20H27N5O3. The molecule has 28 heavy (non-hydrogen) atoms. The number of amides is 2. The molecule has 150 valence electrons. The van der Waals surface area contributed by atoms with E-state index in [0.717, 1.165) is 18.4 Å². The third kappa shape index (κ3) is 5.48. The van der Waals surface area contributed by atoms with Crippen LogP contribution in [0.4, 0.5) is 16.4 Å². The summed E-state index contributed by atoms with van der Waals surface area (Å²) in [5.41, 5.74) is 1.02. The van der Waals surface area contributed by atoms with Crippen molar-refractivity contribution in [1.82, 2.24) is 15.5 Å². The standard InChI is InChI=1S/C20H27N5O3/c1-27-16-9-8-14(12-17(16)28-2)13-21-18-10-11-19(25-24-18)23-20(26)22-15-6-4-3-5-7-15/h8-12,15H,3-7,13H2,1-2H3,(H,21,24)(H2,22,23,25,26). The highest BCUT2D eigenvalue weighted by atomic mass is 16.5. The maximum Gasteiger partial charge on any atom is 0.320 e. The molecule has 1 aliphatic carbocycles. The van der Waals surface area contributed by atoms with Crippen molar-refractivity contribution in [3.8, 4) is 11.5 Å². The van der Waals surface area contributed by atoms with Crippen molar-refractivity contribution < 1.29 is 14.3 Å². The molecule has 0 atom stereocenters. The molecule has 0 radical (unpaired) electrons. The lowest BCUT2D eigenvalue weighted by Crippen LogP contribution is -2.39. The molecule has 8 nitrogen and oxygen atoms in total. The Balaban J connectivity index is 1.49. The number of rotatable bonds is 7. The van der Waals surface area contributed by atoms with Crippen LogP contribution in [0.3, 0.4) is 0 Å². The van der Waals surface area contributed by atoms with Crippen LogP contribution in [0.2, 0.25) is 0 Å². The summed E-state index contributed by atoms with van der Waals surface area (Å²) in [6, 6.07) is 9.25. The predicted molar refractivity (Wildman–Crippen MR) is 108 cm³/mol. The number of methoxy groups -OCH3 is 2. The Morgan fingerprint density at radius 3 is 2.39 bits per heavy atom. The second kappa shape index (κ2) is 9.77. The van der Waals surface area contributed by atoms with Crippen LogP contribution in [0.1, 0.15) is 37.7 Å². The molecule has 0 bridgehead atoms. The number of carbonyl (C=O) groups is 1. The number of ether oxygens (including phenoxy) is 2. The van der Waals surface area contributed by atoms with Gasteiger partial charge in [0.05, 0.1) is 14.2 Å². The summed E-state index contributed by atoms with van der Waals surface area (Å²) in [5, 5.41) is 17.1. The van der Waals surface area contributed by atoms with Crippen LogP contribution < -0.4 is 25.4 Å². The van der Waals surface area contributed by atoms with Gasteiger partial charge < -0.3 is 20.1 Å². The van der Waals surface area contributed by atoms with Crippen molar-refractivity contribution in [1.29, 1.82) is 0 Å². The fraction of sp³-hybridized carbons (Fsp3) is 0.450. The second-order valence-electron chi connectivity index (χ2n) is 6.78. The predicted octanol–water partition coefficient (Wildman–Crippen LogP) is 3.56. The van der Waals surface area contributed by atoms with E-state index < -0.39 is 0 Å². The average molecular weight is 385 g/mol. The van der Waals surface area contributed by atoms with Crippen molar-refractivity contribution in [3.05, 3.63) is 35.9 Å².